The zero-order valence-electron chi connectivity index (χ0n) is 15.3. The first-order valence-electron chi connectivity index (χ1n) is 8.88. The van der Waals surface area contributed by atoms with Crippen LogP contribution in [0.2, 0.25) is 10.0 Å². The summed E-state index contributed by atoms with van der Waals surface area (Å²) in [7, 11) is -7.31. The lowest BCUT2D eigenvalue weighted by Gasteiger charge is -2.15. The van der Waals surface area contributed by atoms with E-state index >= 15 is 0 Å². The van der Waals surface area contributed by atoms with Crippen LogP contribution in [0.15, 0.2) is 52.3 Å². The van der Waals surface area contributed by atoms with E-state index in [1.165, 1.54) is 34.6 Å². The summed E-state index contributed by atoms with van der Waals surface area (Å²) in [5.41, 5.74) is 0. The molecule has 0 aromatic heterocycles. The Hall–Kier alpha value is -1.36. The first-order valence-corrected chi connectivity index (χ1v) is 12.6. The van der Waals surface area contributed by atoms with E-state index in [-0.39, 0.29) is 33.0 Å². The van der Waals surface area contributed by atoms with Crippen LogP contribution in [0.4, 0.5) is 0 Å². The summed E-state index contributed by atoms with van der Waals surface area (Å²) in [5.74, 6) is 0.436. The smallest absolute Gasteiger partial charge is 0.243 e. The number of benzene rings is 2. The third kappa shape index (κ3) is 5.42. The van der Waals surface area contributed by atoms with Crippen molar-refractivity contribution in [3.8, 4) is 5.75 Å². The monoisotopic (exact) mass is 478 g/mol. The molecule has 1 saturated heterocycles. The van der Waals surface area contributed by atoms with Gasteiger partial charge in [-0.1, -0.05) is 23.2 Å². The van der Waals surface area contributed by atoms with Gasteiger partial charge in [0.25, 0.3) is 0 Å². The molecular weight excluding hydrogens is 459 g/mol. The van der Waals surface area contributed by atoms with Gasteiger partial charge in [-0.05, 0) is 55.3 Å². The van der Waals surface area contributed by atoms with Crippen LogP contribution >= 0.6 is 23.2 Å². The molecule has 1 aliphatic rings. The third-order valence-corrected chi connectivity index (χ3v) is 8.46. The zero-order valence-corrected chi connectivity index (χ0v) is 18.5. The summed E-state index contributed by atoms with van der Waals surface area (Å²) in [6.45, 7) is 1.13. The molecule has 0 radical (unpaired) electrons. The number of halogens is 2. The molecule has 1 heterocycles. The fourth-order valence-electron chi connectivity index (χ4n) is 2.89. The zero-order chi connectivity index (χ0) is 21.1. The number of ether oxygens (including phenoxy) is 1. The van der Waals surface area contributed by atoms with Crippen LogP contribution in [-0.2, 0) is 20.0 Å². The lowest BCUT2D eigenvalue weighted by molar-refractivity contribution is 0.322. The minimum atomic E-state index is -3.83. The molecule has 1 fully saturated rings. The number of hydrogen-bond acceptors (Lipinski definition) is 5. The largest absolute Gasteiger partial charge is 0.492 e. The molecular formula is C18H20Cl2N2O5S2. The maximum absolute atomic E-state index is 12.5. The summed E-state index contributed by atoms with van der Waals surface area (Å²) in [5, 5.41) is 0.326. The summed E-state index contributed by atoms with van der Waals surface area (Å²) in [4.78, 5) is 0.103. The van der Waals surface area contributed by atoms with Crippen LogP contribution in [0, 0.1) is 0 Å². The molecule has 0 amide bonds. The number of nitrogens with zero attached hydrogens (tertiary/aromatic N) is 1. The molecule has 2 aromatic rings. The van der Waals surface area contributed by atoms with Crippen molar-refractivity contribution < 1.29 is 21.6 Å². The fraction of sp³-hybridized carbons (Fsp3) is 0.333. The third-order valence-electron chi connectivity index (χ3n) is 4.37. The van der Waals surface area contributed by atoms with Gasteiger partial charge < -0.3 is 4.74 Å². The molecule has 0 spiro atoms. The average Bonchev–Trinajstić information content (AvgIpc) is 3.23. The van der Waals surface area contributed by atoms with Gasteiger partial charge in [0.15, 0.2) is 0 Å². The van der Waals surface area contributed by atoms with E-state index in [1.54, 1.807) is 12.1 Å². The van der Waals surface area contributed by atoms with Crippen molar-refractivity contribution in [3.05, 3.63) is 52.5 Å². The molecule has 0 saturated carbocycles. The Balaban J connectivity index is 1.55. The van der Waals surface area contributed by atoms with Gasteiger partial charge in [-0.3, -0.25) is 0 Å². The Labute approximate surface area is 180 Å². The lowest BCUT2D eigenvalue weighted by Crippen LogP contribution is -2.28. The van der Waals surface area contributed by atoms with Gasteiger partial charge in [0.1, 0.15) is 17.3 Å². The summed E-state index contributed by atoms with van der Waals surface area (Å²) in [6, 6.07) is 10.2. The SMILES string of the molecule is O=S(=O)(NCCOc1ccc(S(=O)(=O)N2CCCC2)cc1)c1cc(Cl)ccc1Cl. The lowest BCUT2D eigenvalue weighted by atomic mass is 10.3. The highest BCUT2D eigenvalue weighted by Crippen LogP contribution is 2.25. The van der Waals surface area contributed by atoms with E-state index in [9.17, 15) is 16.8 Å². The molecule has 1 N–H and O–H groups in total. The highest BCUT2D eigenvalue weighted by Gasteiger charge is 2.27. The van der Waals surface area contributed by atoms with Crippen molar-refractivity contribution in [2.45, 2.75) is 22.6 Å². The summed E-state index contributed by atoms with van der Waals surface area (Å²) in [6.07, 6.45) is 1.74. The Morgan fingerprint density at radius 3 is 2.28 bits per heavy atom. The quantitative estimate of drug-likeness (QED) is 0.588. The number of rotatable bonds is 8. The van der Waals surface area contributed by atoms with Crippen molar-refractivity contribution in [2.75, 3.05) is 26.2 Å². The van der Waals surface area contributed by atoms with Crippen LogP contribution in [0.3, 0.4) is 0 Å². The molecule has 0 bridgehead atoms. The van der Waals surface area contributed by atoms with E-state index in [1.807, 2.05) is 0 Å². The molecule has 2 aromatic carbocycles. The second-order valence-electron chi connectivity index (χ2n) is 6.40. The van der Waals surface area contributed by atoms with E-state index in [0.29, 0.717) is 18.8 Å². The molecule has 3 rings (SSSR count). The summed E-state index contributed by atoms with van der Waals surface area (Å²) < 4.78 is 59.0. The van der Waals surface area contributed by atoms with Crippen LogP contribution in [0.25, 0.3) is 0 Å². The van der Waals surface area contributed by atoms with Crippen molar-refractivity contribution in [1.82, 2.24) is 9.03 Å². The molecule has 0 atom stereocenters. The minimum absolute atomic E-state index is 0.000989. The van der Waals surface area contributed by atoms with Crippen LogP contribution in [0.1, 0.15) is 12.8 Å². The normalized spacial score (nSPS) is 15.5. The number of hydrogen-bond donors (Lipinski definition) is 1. The van der Waals surface area contributed by atoms with Crippen molar-refractivity contribution in [2.24, 2.45) is 0 Å². The van der Waals surface area contributed by atoms with Crippen LogP contribution in [-0.4, -0.2) is 47.4 Å². The molecule has 29 heavy (non-hydrogen) atoms. The topological polar surface area (TPSA) is 92.8 Å². The Bertz CT molecular complexity index is 1070. The molecule has 0 aliphatic carbocycles. The van der Waals surface area contributed by atoms with Gasteiger partial charge >= 0.3 is 0 Å². The maximum Gasteiger partial charge on any atom is 0.243 e. The molecule has 7 nitrogen and oxygen atoms in total. The minimum Gasteiger partial charge on any atom is -0.492 e. The van der Waals surface area contributed by atoms with E-state index in [0.717, 1.165) is 12.8 Å². The van der Waals surface area contributed by atoms with E-state index in [2.05, 4.69) is 4.72 Å². The second-order valence-corrected chi connectivity index (χ2v) is 10.9. The van der Waals surface area contributed by atoms with E-state index in [4.69, 9.17) is 27.9 Å². The van der Waals surface area contributed by atoms with Crippen LogP contribution < -0.4 is 9.46 Å². The van der Waals surface area contributed by atoms with Gasteiger partial charge in [0, 0.05) is 24.7 Å². The summed E-state index contributed by atoms with van der Waals surface area (Å²) >= 11 is 11.8. The fourth-order valence-corrected chi connectivity index (χ4v) is 6.18. The first kappa shape index (κ1) is 22.3. The predicted octanol–water partition coefficient (Wildman–Crippen LogP) is 3.14. The van der Waals surface area contributed by atoms with Gasteiger partial charge in [0.05, 0.1) is 9.92 Å². The van der Waals surface area contributed by atoms with E-state index < -0.39 is 20.0 Å². The maximum atomic E-state index is 12.5. The van der Waals surface area contributed by atoms with Gasteiger partial charge in [-0.15, -0.1) is 0 Å². The van der Waals surface area contributed by atoms with Gasteiger partial charge in [-0.2, -0.15) is 4.31 Å². The molecule has 11 heteroatoms. The average molecular weight is 479 g/mol. The molecule has 158 valence electrons. The predicted molar refractivity (Wildman–Crippen MR) is 112 cm³/mol. The highest BCUT2D eigenvalue weighted by molar-refractivity contribution is 7.89. The highest BCUT2D eigenvalue weighted by atomic mass is 35.5. The Morgan fingerprint density at radius 2 is 1.62 bits per heavy atom. The standard InChI is InChI=1S/C18H20Cl2N2O5S2/c19-14-3-8-17(20)18(13-14)28(23,24)21-9-12-27-15-4-6-16(7-5-15)29(25,26)22-10-1-2-11-22/h3-8,13,21H,1-2,9-12H2. The van der Waals surface area contributed by atoms with Crippen molar-refractivity contribution in [1.29, 1.82) is 0 Å². The van der Waals surface area contributed by atoms with Crippen molar-refractivity contribution >= 4 is 43.2 Å². The number of nitrogens with one attached hydrogen (secondary N) is 1. The Kier molecular flexibility index (Phi) is 7.08. The van der Waals surface area contributed by atoms with Gasteiger partial charge in [0.2, 0.25) is 20.0 Å². The van der Waals surface area contributed by atoms with Crippen LogP contribution in [0.5, 0.6) is 5.75 Å². The Morgan fingerprint density at radius 1 is 0.966 bits per heavy atom. The first-order chi connectivity index (χ1) is 13.7. The number of sulfonamides is 2. The molecule has 1 aliphatic heterocycles. The van der Waals surface area contributed by atoms with Gasteiger partial charge in [-0.25, -0.2) is 21.6 Å². The van der Waals surface area contributed by atoms with Crippen molar-refractivity contribution in [3.63, 3.8) is 0 Å². The second kappa shape index (κ2) is 9.20. The molecule has 0 unspecified atom stereocenters.